The lowest BCUT2D eigenvalue weighted by Gasteiger charge is -2.30. The van der Waals surface area contributed by atoms with E-state index in [4.69, 9.17) is 11.6 Å². The van der Waals surface area contributed by atoms with Crippen molar-refractivity contribution in [3.05, 3.63) is 61.5 Å². The number of nitrogens with one attached hydrogen (secondary N) is 3. The van der Waals surface area contributed by atoms with E-state index in [0.29, 0.717) is 16.1 Å². The molecule has 0 unspecified atom stereocenters. The minimum absolute atomic E-state index is 0.170. The van der Waals surface area contributed by atoms with Crippen LogP contribution in [-0.4, -0.2) is 36.6 Å². The van der Waals surface area contributed by atoms with Crippen LogP contribution in [0.25, 0.3) is 0 Å². The predicted octanol–water partition coefficient (Wildman–Crippen LogP) is 5.51. The van der Waals surface area contributed by atoms with Crippen LogP contribution in [0.1, 0.15) is 80.2 Å². The van der Waals surface area contributed by atoms with Gasteiger partial charge in [-0.3, -0.25) is 9.59 Å². The molecule has 2 aromatic rings. The number of carbonyl (C=O) groups is 1. The molecule has 3 rings (SSSR count). The van der Waals surface area contributed by atoms with Crippen molar-refractivity contribution in [2.75, 3.05) is 24.5 Å². The standard InChI is InChI=1S/C21H28ClN3O2.C3H7N.C3H8/c1-7-25(12(2)3)19-10-16(22)9-17(15(19)6)20(26)23-11-18-13(4)8-14(5)24-21(18)27;1-2-4-3-1;1-3-2/h8-10,12H,7,11H2,1-6H3,(H,23,26)(H,24,27);4H,1-3H2;3H2,1-2H3. The van der Waals surface area contributed by atoms with Gasteiger partial charge in [0.25, 0.3) is 11.5 Å². The minimum atomic E-state index is -0.240. The first-order valence-electron chi connectivity index (χ1n) is 12.3. The van der Waals surface area contributed by atoms with Gasteiger partial charge in [0, 0.05) is 46.7 Å². The maximum absolute atomic E-state index is 12.8. The van der Waals surface area contributed by atoms with Crippen LogP contribution in [0.15, 0.2) is 23.0 Å². The number of aryl methyl sites for hydroxylation is 2. The van der Waals surface area contributed by atoms with Gasteiger partial charge in [0.1, 0.15) is 0 Å². The zero-order valence-corrected chi connectivity index (χ0v) is 22.9. The van der Waals surface area contributed by atoms with Gasteiger partial charge in [0.05, 0.1) is 0 Å². The Labute approximate surface area is 210 Å². The number of hydrogen-bond donors (Lipinski definition) is 3. The highest BCUT2D eigenvalue weighted by Gasteiger charge is 2.19. The molecule has 3 N–H and O–H groups in total. The maximum atomic E-state index is 12.8. The van der Waals surface area contributed by atoms with E-state index in [0.717, 1.165) is 29.1 Å². The van der Waals surface area contributed by atoms with Gasteiger partial charge < -0.3 is 20.5 Å². The van der Waals surface area contributed by atoms with E-state index in [2.05, 4.69) is 55.1 Å². The first-order valence-corrected chi connectivity index (χ1v) is 12.7. The van der Waals surface area contributed by atoms with Gasteiger partial charge in [-0.1, -0.05) is 31.9 Å². The number of halogens is 1. The number of benzene rings is 1. The topological polar surface area (TPSA) is 77.2 Å². The number of aromatic amines is 1. The monoisotopic (exact) mass is 490 g/mol. The van der Waals surface area contributed by atoms with Gasteiger partial charge >= 0.3 is 0 Å². The summed E-state index contributed by atoms with van der Waals surface area (Å²) >= 11 is 6.30. The van der Waals surface area contributed by atoms with Crippen LogP contribution in [0.4, 0.5) is 5.69 Å². The highest BCUT2D eigenvalue weighted by atomic mass is 35.5. The zero-order chi connectivity index (χ0) is 25.8. The van der Waals surface area contributed by atoms with E-state index in [-0.39, 0.29) is 24.1 Å². The van der Waals surface area contributed by atoms with Crippen molar-refractivity contribution in [3.8, 4) is 0 Å². The van der Waals surface area contributed by atoms with E-state index >= 15 is 0 Å². The largest absolute Gasteiger partial charge is 0.369 e. The lowest BCUT2D eigenvalue weighted by atomic mass is 10.0. The Balaban J connectivity index is 0.000000714. The number of aromatic nitrogens is 1. The Hall–Kier alpha value is -2.31. The number of H-pyrrole nitrogens is 1. The van der Waals surface area contributed by atoms with Crippen LogP contribution < -0.4 is 21.1 Å². The van der Waals surface area contributed by atoms with Gasteiger partial charge in [-0.05, 0) is 90.4 Å². The van der Waals surface area contributed by atoms with Crippen molar-refractivity contribution < 1.29 is 4.79 Å². The normalized spacial score (nSPS) is 12.1. The van der Waals surface area contributed by atoms with E-state index in [1.165, 1.54) is 25.9 Å². The zero-order valence-electron chi connectivity index (χ0n) is 22.2. The molecule has 0 spiro atoms. The average Bonchev–Trinajstić information content (AvgIpc) is 2.69. The summed E-state index contributed by atoms with van der Waals surface area (Å²) < 4.78 is 0. The van der Waals surface area contributed by atoms with E-state index in [1.807, 2.05) is 32.9 Å². The van der Waals surface area contributed by atoms with Gasteiger partial charge in [0.2, 0.25) is 0 Å². The summed E-state index contributed by atoms with van der Waals surface area (Å²) in [6.45, 7) is 19.7. The number of rotatable bonds is 6. The molecule has 1 saturated heterocycles. The molecule has 0 bridgehead atoms. The quantitative estimate of drug-likeness (QED) is 0.498. The molecule has 1 aromatic heterocycles. The molecule has 0 atom stereocenters. The van der Waals surface area contributed by atoms with E-state index in [1.54, 1.807) is 6.07 Å². The molecule has 1 fully saturated rings. The molecule has 0 saturated carbocycles. The van der Waals surface area contributed by atoms with Crippen molar-refractivity contribution in [1.82, 2.24) is 15.6 Å². The van der Waals surface area contributed by atoms with Gasteiger partial charge in [-0.25, -0.2) is 0 Å². The number of amides is 1. The highest BCUT2D eigenvalue weighted by Crippen LogP contribution is 2.29. The number of nitrogens with zero attached hydrogens (tertiary/aromatic N) is 1. The summed E-state index contributed by atoms with van der Waals surface area (Å²) in [6, 6.07) is 5.76. The third kappa shape index (κ3) is 8.80. The molecule has 6 nitrogen and oxygen atoms in total. The highest BCUT2D eigenvalue weighted by molar-refractivity contribution is 6.31. The predicted molar refractivity (Wildman–Crippen MR) is 146 cm³/mol. The van der Waals surface area contributed by atoms with Crippen molar-refractivity contribution in [2.24, 2.45) is 0 Å². The van der Waals surface area contributed by atoms with E-state index in [9.17, 15) is 9.59 Å². The third-order valence-corrected chi connectivity index (χ3v) is 5.71. The van der Waals surface area contributed by atoms with Crippen LogP contribution in [0.3, 0.4) is 0 Å². The second kappa shape index (κ2) is 14.8. The Morgan fingerprint density at radius 3 is 2.12 bits per heavy atom. The van der Waals surface area contributed by atoms with Crippen LogP contribution in [-0.2, 0) is 6.54 Å². The molecule has 1 aliphatic heterocycles. The van der Waals surface area contributed by atoms with Crippen LogP contribution in [0.5, 0.6) is 0 Å². The molecule has 0 radical (unpaired) electrons. The molecular weight excluding hydrogens is 448 g/mol. The van der Waals surface area contributed by atoms with Crippen molar-refractivity contribution in [2.45, 2.75) is 80.8 Å². The van der Waals surface area contributed by atoms with Crippen LogP contribution in [0, 0.1) is 20.8 Å². The van der Waals surface area contributed by atoms with Crippen molar-refractivity contribution >= 4 is 23.2 Å². The summed E-state index contributed by atoms with van der Waals surface area (Å²) in [5.74, 6) is -0.240. The lowest BCUT2D eigenvalue weighted by molar-refractivity contribution is 0.0950. The molecule has 7 heteroatoms. The molecular formula is C27H43ClN4O2. The van der Waals surface area contributed by atoms with Gasteiger partial charge in [-0.15, -0.1) is 0 Å². The Morgan fingerprint density at radius 1 is 1.12 bits per heavy atom. The third-order valence-electron chi connectivity index (χ3n) is 5.49. The molecule has 1 aliphatic rings. The molecule has 1 amide bonds. The Bertz CT molecular complexity index is 977. The Kier molecular flexibility index (Phi) is 13.0. The summed E-state index contributed by atoms with van der Waals surface area (Å²) in [5, 5.41) is 6.49. The first-order chi connectivity index (χ1) is 16.1. The fraction of sp³-hybridized carbons (Fsp3) is 0.556. The summed E-state index contributed by atoms with van der Waals surface area (Å²) in [6.07, 6.45) is 2.64. The van der Waals surface area contributed by atoms with Crippen molar-refractivity contribution in [3.63, 3.8) is 0 Å². The number of hydrogen-bond acceptors (Lipinski definition) is 4. The minimum Gasteiger partial charge on any atom is -0.369 e. The van der Waals surface area contributed by atoms with E-state index < -0.39 is 0 Å². The summed E-state index contributed by atoms with van der Waals surface area (Å²) in [7, 11) is 0. The van der Waals surface area contributed by atoms with Gasteiger partial charge in [0.15, 0.2) is 0 Å². The molecule has 34 heavy (non-hydrogen) atoms. The Morgan fingerprint density at radius 2 is 1.68 bits per heavy atom. The molecule has 190 valence electrons. The average molecular weight is 491 g/mol. The van der Waals surface area contributed by atoms with Crippen LogP contribution >= 0.6 is 11.6 Å². The number of carbonyl (C=O) groups excluding carboxylic acids is 1. The van der Waals surface area contributed by atoms with Crippen molar-refractivity contribution in [1.29, 1.82) is 0 Å². The summed E-state index contributed by atoms with van der Waals surface area (Å²) in [5.41, 5.74) is 4.40. The molecule has 0 aliphatic carbocycles. The first kappa shape index (κ1) is 29.7. The maximum Gasteiger partial charge on any atom is 0.253 e. The number of anilines is 1. The summed E-state index contributed by atoms with van der Waals surface area (Å²) in [4.78, 5) is 29.9. The van der Waals surface area contributed by atoms with Gasteiger partial charge in [-0.2, -0.15) is 0 Å². The fourth-order valence-corrected chi connectivity index (χ4v) is 3.77. The number of pyridine rings is 1. The smallest absolute Gasteiger partial charge is 0.253 e. The molecule has 2 heterocycles. The van der Waals surface area contributed by atoms with Crippen LogP contribution in [0.2, 0.25) is 5.02 Å². The second-order valence-electron chi connectivity index (χ2n) is 8.91. The second-order valence-corrected chi connectivity index (χ2v) is 9.35. The lowest BCUT2D eigenvalue weighted by Crippen LogP contribution is -2.32. The fourth-order valence-electron chi connectivity index (χ4n) is 3.55. The SMILES string of the molecule is C1CNC1.CCC.CCN(c1cc(Cl)cc(C(=O)NCc2c(C)cc(C)[nH]c2=O)c1C)C(C)C. The molecule has 1 aromatic carbocycles.